The monoisotopic (exact) mass is 361 g/mol. The summed E-state index contributed by atoms with van der Waals surface area (Å²) in [5, 5.41) is 0. The molecule has 0 saturated carbocycles. The molecule has 1 unspecified atom stereocenters. The van der Waals surface area contributed by atoms with Crippen LogP contribution in [-0.4, -0.2) is 45.3 Å². The molecule has 2 N–H and O–H groups in total. The Bertz CT molecular complexity index is 663. The number of carbonyl (C=O) groups excluding carboxylic acids is 1. The highest BCUT2D eigenvalue weighted by Gasteiger charge is 2.38. The van der Waals surface area contributed by atoms with Gasteiger partial charge in [0.15, 0.2) is 0 Å². The van der Waals surface area contributed by atoms with E-state index in [1.807, 2.05) is 6.92 Å². The minimum absolute atomic E-state index is 0. The minimum atomic E-state index is -3.51. The number of carbonyl (C=O) groups is 1. The predicted molar refractivity (Wildman–Crippen MR) is 93.3 cm³/mol. The SMILES string of the molecule is CC(=O)N(C)c1ccc(S(=O)(=O)N2CCC(C)(CN)C2)cc1.Cl. The summed E-state index contributed by atoms with van der Waals surface area (Å²) in [5.74, 6) is -0.103. The van der Waals surface area contributed by atoms with Crippen LogP contribution in [0.4, 0.5) is 5.69 Å². The Balaban J connectivity index is 0.00000264. The van der Waals surface area contributed by atoms with Crippen molar-refractivity contribution in [1.29, 1.82) is 0 Å². The molecule has 0 aliphatic carbocycles. The molecule has 0 radical (unpaired) electrons. The first-order valence-electron chi connectivity index (χ1n) is 7.24. The highest BCUT2D eigenvalue weighted by Crippen LogP contribution is 2.32. The maximum Gasteiger partial charge on any atom is 0.243 e. The molecule has 0 spiro atoms. The summed E-state index contributed by atoms with van der Waals surface area (Å²) in [7, 11) is -1.86. The molecule has 23 heavy (non-hydrogen) atoms. The zero-order valence-electron chi connectivity index (χ0n) is 13.7. The number of nitrogens with zero attached hydrogens (tertiary/aromatic N) is 2. The van der Waals surface area contributed by atoms with Crippen LogP contribution in [0.2, 0.25) is 0 Å². The lowest BCUT2D eigenvalue weighted by atomic mass is 9.90. The molecule has 6 nitrogen and oxygen atoms in total. The first kappa shape index (κ1) is 19.9. The Hall–Kier alpha value is -1.15. The van der Waals surface area contributed by atoms with E-state index < -0.39 is 10.0 Å². The van der Waals surface area contributed by atoms with Gasteiger partial charge < -0.3 is 10.6 Å². The van der Waals surface area contributed by atoms with Crippen molar-refractivity contribution in [3.05, 3.63) is 24.3 Å². The lowest BCUT2D eigenvalue weighted by Gasteiger charge is -2.22. The molecule has 0 bridgehead atoms. The van der Waals surface area contributed by atoms with Gasteiger partial charge in [0, 0.05) is 32.7 Å². The van der Waals surface area contributed by atoms with E-state index in [2.05, 4.69) is 0 Å². The first-order valence-corrected chi connectivity index (χ1v) is 8.68. The number of hydrogen-bond donors (Lipinski definition) is 1. The fourth-order valence-electron chi connectivity index (χ4n) is 2.52. The van der Waals surface area contributed by atoms with Crippen molar-refractivity contribution in [3.63, 3.8) is 0 Å². The van der Waals surface area contributed by atoms with E-state index in [-0.39, 0.29) is 28.6 Å². The van der Waals surface area contributed by atoms with Gasteiger partial charge in [0.25, 0.3) is 0 Å². The summed E-state index contributed by atoms with van der Waals surface area (Å²) < 4.78 is 26.8. The molecule has 1 aromatic rings. The van der Waals surface area contributed by atoms with Crippen molar-refractivity contribution in [2.24, 2.45) is 11.1 Å². The highest BCUT2D eigenvalue weighted by atomic mass is 35.5. The zero-order chi connectivity index (χ0) is 16.5. The number of hydrogen-bond acceptors (Lipinski definition) is 4. The van der Waals surface area contributed by atoms with Gasteiger partial charge in [0.1, 0.15) is 0 Å². The van der Waals surface area contributed by atoms with Crippen LogP contribution < -0.4 is 10.6 Å². The molecule has 1 atom stereocenters. The molecular formula is C15H24ClN3O3S. The van der Waals surface area contributed by atoms with E-state index in [1.165, 1.54) is 16.1 Å². The third kappa shape index (κ3) is 4.03. The van der Waals surface area contributed by atoms with Crippen LogP contribution in [0.15, 0.2) is 29.2 Å². The Morgan fingerprint density at radius 2 is 1.91 bits per heavy atom. The molecule has 1 aromatic carbocycles. The summed E-state index contributed by atoms with van der Waals surface area (Å²) in [6, 6.07) is 6.38. The van der Waals surface area contributed by atoms with Gasteiger partial charge in [0.05, 0.1) is 4.90 Å². The molecule has 1 saturated heterocycles. The fourth-order valence-corrected chi connectivity index (χ4v) is 4.11. The molecule has 1 aliphatic heterocycles. The van der Waals surface area contributed by atoms with Crippen molar-refractivity contribution in [2.75, 3.05) is 31.6 Å². The van der Waals surface area contributed by atoms with Gasteiger partial charge in [-0.05, 0) is 42.6 Å². The smallest absolute Gasteiger partial charge is 0.243 e. The molecule has 1 fully saturated rings. The average Bonchev–Trinajstić information content (AvgIpc) is 2.90. The van der Waals surface area contributed by atoms with Crippen LogP contribution in [0.3, 0.4) is 0 Å². The van der Waals surface area contributed by atoms with Crippen LogP contribution in [0.1, 0.15) is 20.3 Å². The average molecular weight is 362 g/mol. The van der Waals surface area contributed by atoms with Gasteiger partial charge in [-0.2, -0.15) is 4.31 Å². The van der Waals surface area contributed by atoms with E-state index in [9.17, 15) is 13.2 Å². The molecule has 1 amide bonds. The van der Waals surface area contributed by atoms with E-state index in [4.69, 9.17) is 5.73 Å². The highest BCUT2D eigenvalue weighted by molar-refractivity contribution is 7.89. The number of anilines is 1. The van der Waals surface area contributed by atoms with Gasteiger partial charge >= 0.3 is 0 Å². The molecule has 1 heterocycles. The number of sulfonamides is 1. The normalized spacial score (nSPS) is 21.7. The summed E-state index contributed by atoms with van der Waals surface area (Å²) >= 11 is 0. The summed E-state index contributed by atoms with van der Waals surface area (Å²) in [6.45, 7) is 4.88. The molecule has 0 aromatic heterocycles. The molecular weight excluding hydrogens is 338 g/mol. The molecule has 1 aliphatic rings. The Morgan fingerprint density at radius 1 is 1.35 bits per heavy atom. The summed E-state index contributed by atoms with van der Waals surface area (Å²) in [5.41, 5.74) is 6.25. The molecule has 8 heteroatoms. The van der Waals surface area contributed by atoms with Crippen molar-refractivity contribution >= 4 is 34.0 Å². The first-order chi connectivity index (χ1) is 10.2. The van der Waals surface area contributed by atoms with Crippen LogP contribution in [0.5, 0.6) is 0 Å². The maximum absolute atomic E-state index is 12.7. The second kappa shape index (κ2) is 7.17. The quantitative estimate of drug-likeness (QED) is 0.879. The molecule has 2 rings (SSSR count). The number of benzene rings is 1. The maximum atomic E-state index is 12.7. The second-order valence-corrected chi connectivity index (χ2v) is 8.11. The number of amides is 1. The van der Waals surface area contributed by atoms with Crippen molar-refractivity contribution in [1.82, 2.24) is 4.31 Å². The number of nitrogens with two attached hydrogens (primary N) is 1. The largest absolute Gasteiger partial charge is 0.330 e. The lowest BCUT2D eigenvalue weighted by molar-refractivity contribution is -0.116. The van der Waals surface area contributed by atoms with Gasteiger partial charge in [-0.25, -0.2) is 8.42 Å². The number of rotatable bonds is 4. The Labute approximate surface area is 144 Å². The second-order valence-electron chi connectivity index (χ2n) is 6.18. The van der Waals surface area contributed by atoms with Crippen molar-refractivity contribution < 1.29 is 13.2 Å². The van der Waals surface area contributed by atoms with E-state index in [0.717, 1.165) is 6.42 Å². The zero-order valence-corrected chi connectivity index (χ0v) is 15.3. The van der Waals surface area contributed by atoms with Gasteiger partial charge in [0.2, 0.25) is 15.9 Å². The molecule has 130 valence electrons. The minimum Gasteiger partial charge on any atom is -0.330 e. The van der Waals surface area contributed by atoms with E-state index in [0.29, 0.717) is 25.3 Å². The standard InChI is InChI=1S/C15H23N3O3S.ClH/c1-12(19)17(3)13-4-6-14(7-5-13)22(20,21)18-9-8-15(2,10-16)11-18;/h4-7H,8-11,16H2,1-3H3;1H. The van der Waals surface area contributed by atoms with Crippen LogP contribution >= 0.6 is 12.4 Å². The number of halogens is 1. The lowest BCUT2D eigenvalue weighted by Crippen LogP contribution is -2.34. The fraction of sp³-hybridized carbons (Fsp3) is 0.533. The summed E-state index contributed by atoms with van der Waals surface area (Å²) in [4.78, 5) is 13.0. The third-order valence-electron chi connectivity index (χ3n) is 4.35. The van der Waals surface area contributed by atoms with Crippen LogP contribution in [0.25, 0.3) is 0 Å². The Morgan fingerprint density at radius 3 is 2.35 bits per heavy atom. The van der Waals surface area contributed by atoms with Gasteiger partial charge in [-0.3, -0.25) is 4.79 Å². The van der Waals surface area contributed by atoms with Gasteiger partial charge in [-0.1, -0.05) is 6.92 Å². The van der Waals surface area contributed by atoms with Crippen LogP contribution in [-0.2, 0) is 14.8 Å². The topological polar surface area (TPSA) is 83.7 Å². The van der Waals surface area contributed by atoms with Crippen LogP contribution in [0, 0.1) is 5.41 Å². The predicted octanol–water partition coefficient (Wildman–Crippen LogP) is 1.45. The van der Waals surface area contributed by atoms with E-state index >= 15 is 0 Å². The third-order valence-corrected chi connectivity index (χ3v) is 6.21. The van der Waals surface area contributed by atoms with E-state index in [1.54, 1.807) is 31.3 Å². The van der Waals surface area contributed by atoms with Crippen molar-refractivity contribution in [3.8, 4) is 0 Å². The van der Waals surface area contributed by atoms with Gasteiger partial charge in [-0.15, -0.1) is 12.4 Å². The Kier molecular flexibility index (Phi) is 6.20. The summed E-state index contributed by atoms with van der Waals surface area (Å²) in [6.07, 6.45) is 0.772. The van der Waals surface area contributed by atoms with Crippen molar-refractivity contribution in [2.45, 2.75) is 25.2 Å².